The zero-order valence-corrected chi connectivity index (χ0v) is 14.4. The van der Waals surface area contributed by atoms with Gasteiger partial charge in [0.2, 0.25) is 12.3 Å². The maximum absolute atomic E-state index is 11.2. The fourth-order valence-electron chi connectivity index (χ4n) is 2.02. The fraction of sp³-hybridized carbons (Fsp3) is 0.765. The second kappa shape index (κ2) is 14.6. The summed E-state index contributed by atoms with van der Waals surface area (Å²) in [5.74, 6) is 0.358. The van der Waals surface area contributed by atoms with Gasteiger partial charge < -0.3 is 16.0 Å². The molecule has 0 aliphatic rings. The number of hydrogen-bond acceptors (Lipinski definition) is 3. The van der Waals surface area contributed by atoms with E-state index in [2.05, 4.69) is 48.9 Å². The number of rotatable bonds is 14. The second-order valence-electron chi connectivity index (χ2n) is 5.73. The van der Waals surface area contributed by atoms with E-state index in [-0.39, 0.29) is 12.5 Å². The lowest BCUT2D eigenvalue weighted by molar-refractivity contribution is -0.122. The quantitative estimate of drug-likeness (QED) is 0.261. The van der Waals surface area contributed by atoms with Crippen LogP contribution in [0.3, 0.4) is 0 Å². The van der Waals surface area contributed by atoms with E-state index in [1.807, 2.05) is 0 Å². The summed E-state index contributed by atoms with van der Waals surface area (Å²) < 4.78 is 0. The van der Waals surface area contributed by atoms with Crippen LogP contribution < -0.4 is 16.0 Å². The van der Waals surface area contributed by atoms with E-state index in [0.29, 0.717) is 24.9 Å². The Morgan fingerprint density at radius 1 is 1.14 bits per heavy atom. The van der Waals surface area contributed by atoms with Crippen molar-refractivity contribution in [2.75, 3.05) is 19.6 Å². The van der Waals surface area contributed by atoms with Gasteiger partial charge in [-0.1, -0.05) is 38.8 Å². The summed E-state index contributed by atoms with van der Waals surface area (Å²) in [6.45, 7) is 8.18. The lowest BCUT2D eigenvalue weighted by Crippen LogP contribution is -2.36. The Morgan fingerprint density at radius 2 is 1.91 bits per heavy atom. The molecule has 5 heteroatoms. The molecular formula is C17H33N3O2. The Hall–Kier alpha value is -1.36. The first-order valence-electron chi connectivity index (χ1n) is 8.45. The summed E-state index contributed by atoms with van der Waals surface area (Å²) in [7, 11) is 0. The van der Waals surface area contributed by atoms with Gasteiger partial charge in [-0.15, -0.1) is 0 Å². The molecule has 0 saturated heterocycles. The van der Waals surface area contributed by atoms with Crippen LogP contribution in [0.15, 0.2) is 12.2 Å². The van der Waals surface area contributed by atoms with Crippen LogP contribution >= 0.6 is 0 Å². The molecule has 0 aromatic heterocycles. The summed E-state index contributed by atoms with van der Waals surface area (Å²) in [5, 5.41) is 8.58. The first-order chi connectivity index (χ1) is 10.6. The Morgan fingerprint density at radius 3 is 2.59 bits per heavy atom. The molecule has 3 N–H and O–H groups in total. The lowest BCUT2D eigenvalue weighted by atomic mass is 10.0. The van der Waals surface area contributed by atoms with Crippen LogP contribution in [0.1, 0.15) is 52.9 Å². The molecule has 0 bridgehead atoms. The van der Waals surface area contributed by atoms with Gasteiger partial charge in [-0.25, -0.2) is 0 Å². The van der Waals surface area contributed by atoms with Gasteiger partial charge in [-0.05, 0) is 38.6 Å². The summed E-state index contributed by atoms with van der Waals surface area (Å²) in [4.78, 5) is 21.3. The highest BCUT2D eigenvalue weighted by Gasteiger charge is 2.07. The Kier molecular flexibility index (Phi) is 13.7. The summed E-state index contributed by atoms with van der Waals surface area (Å²) in [6.07, 6.45) is 11.0. The number of hydrogen-bond donors (Lipinski definition) is 3. The largest absolute Gasteiger partial charge is 0.355 e. The highest BCUT2D eigenvalue weighted by Crippen LogP contribution is 2.07. The van der Waals surface area contributed by atoms with Gasteiger partial charge in [0.1, 0.15) is 0 Å². The van der Waals surface area contributed by atoms with Crippen molar-refractivity contribution in [3.05, 3.63) is 12.2 Å². The van der Waals surface area contributed by atoms with Gasteiger partial charge >= 0.3 is 0 Å². The van der Waals surface area contributed by atoms with Crippen molar-refractivity contribution >= 4 is 12.3 Å². The fourth-order valence-corrected chi connectivity index (χ4v) is 2.02. The SMILES string of the molecule is CCCCC/C=C\C(C)C(C)NCCCNC(=O)CNC=O. The van der Waals surface area contributed by atoms with Crippen molar-refractivity contribution in [2.45, 2.75) is 58.9 Å². The van der Waals surface area contributed by atoms with Crippen molar-refractivity contribution in [1.82, 2.24) is 16.0 Å². The molecule has 2 atom stereocenters. The molecule has 0 aromatic carbocycles. The topological polar surface area (TPSA) is 70.2 Å². The molecule has 0 aliphatic heterocycles. The van der Waals surface area contributed by atoms with Gasteiger partial charge in [0.25, 0.3) is 0 Å². The minimum atomic E-state index is -0.150. The average Bonchev–Trinajstić information content (AvgIpc) is 2.51. The van der Waals surface area contributed by atoms with Crippen molar-refractivity contribution in [1.29, 1.82) is 0 Å². The van der Waals surface area contributed by atoms with Gasteiger partial charge in [0.05, 0.1) is 6.54 Å². The van der Waals surface area contributed by atoms with Gasteiger partial charge in [-0.3, -0.25) is 9.59 Å². The summed E-state index contributed by atoms with van der Waals surface area (Å²) in [6, 6.07) is 0.426. The zero-order chi connectivity index (χ0) is 16.6. The summed E-state index contributed by atoms with van der Waals surface area (Å²) in [5.41, 5.74) is 0. The first-order valence-corrected chi connectivity index (χ1v) is 8.45. The third kappa shape index (κ3) is 12.4. The Bertz CT molecular complexity index is 319. The van der Waals surface area contributed by atoms with Crippen molar-refractivity contribution in [3.8, 4) is 0 Å². The molecule has 5 nitrogen and oxygen atoms in total. The van der Waals surface area contributed by atoms with E-state index < -0.39 is 0 Å². The zero-order valence-electron chi connectivity index (χ0n) is 14.4. The highest BCUT2D eigenvalue weighted by molar-refractivity contribution is 5.79. The number of amides is 2. The van der Waals surface area contributed by atoms with Gasteiger partial charge in [0.15, 0.2) is 0 Å². The van der Waals surface area contributed by atoms with Crippen LogP contribution in [0, 0.1) is 5.92 Å². The van der Waals surface area contributed by atoms with E-state index in [9.17, 15) is 9.59 Å². The molecule has 0 rings (SSSR count). The predicted octanol–water partition coefficient (Wildman–Crippen LogP) is 1.99. The third-order valence-electron chi connectivity index (χ3n) is 3.69. The maximum atomic E-state index is 11.2. The number of carbonyl (C=O) groups excluding carboxylic acids is 2. The third-order valence-corrected chi connectivity index (χ3v) is 3.69. The molecule has 128 valence electrons. The summed E-state index contributed by atoms with van der Waals surface area (Å²) >= 11 is 0. The molecule has 0 aliphatic carbocycles. The van der Waals surface area contributed by atoms with Crippen LogP contribution in [0.25, 0.3) is 0 Å². The minimum Gasteiger partial charge on any atom is -0.355 e. The Labute approximate surface area is 135 Å². The molecule has 0 radical (unpaired) electrons. The van der Waals surface area contributed by atoms with Crippen molar-refractivity contribution in [3.63, 3.8) is 0 Å². The number of unbranched alkanes of at least 4 members (excludes halogenated alkanes) is 3. The van der Waals surface area contributed by atoms with Crippen molar-refractivity contribution in [2.24, 2.45) is 5.92 Å². The molecule has 22 heavy (non-hydrogen) atoms. The predicted molar refractivity (Wildman–Crippen MR) is 91.6 cm³/mol. The number of nitrogens with one attached hydrogen (secondary N) is 3. The Balaban J connectivity index is 3.60. The number of allylic oxidation sites excluding steroid dienone is 1. The molecule has 0 heterocycles. The normalized spacial score (nSPS) is 13.8. The molecular weight excluding hydrogens is 278 g/mol. The van der Waals surface area contributed by atoms with Crippen LogP contribution in [0.5, 0.6) is 0 Å². The van der Waals surface area contributed by atoms with Crippen LogP contribution in [0.4, 0.5) is 0 Å². The molecule has 2 amide bonds. The second-order valence-corrected chi connectivity index (χ2v) is 5.73. The maximum Gasteiger partial charge on any atom is 0.239 e. The molecule has 2 unspecified atom stereocenters. The van der Waals surface area contributed by atoms with Crippen LogP contribution in [-0.4, -0.2) is 38.0 Å². The van der Waals surface area contributed by atoms with Gasteiger partial charge in [-0.2, -0.15) is 0 Å². The van der Waals surface area contributed by atoms with E-state index >= 15 is 0 Å². The monoisotopic (exact) mass is 311 g/mol. The van der Waals surface area contributed by atoms with Gasteiger partial charge in [0, 0.05) is 12.6 Å². The van der Waals surface area contributed by atoms with Crippen molar-refractivity contribution < 1.29 is 9.59 Å². The number of carbonyl (C=O) groups is 2. The van der Waals surface area contributed by atoms with E-state index in [4.69, 9.17) is 0 Å². The average molecular weight is 311 g/mol. The van der Waals surface area contributed by atoms with E-state index in [0.717, 1.165) is 13.0 Å². The highest BCUT2D eigenvalue weighted by atomic mass is 16.2. The van der Waals surface area contributed by atoms with E-state index in [1.54, 1.807) is 0 Å². The molecule has 0 spiro atoms. The lowest BCUT2D eigenvalue weighted by Gasteiger charge is -2.18. The van der Waals surface area contributed by atoms with Crippen LogP contribution in [-0.2, 0) is 9.59 Å². The van der Waals surface area contributed by atoms with Crippen LogP contribution in [0.2, 0.25) is 0 Å². The first kappa shape index (κ1) is 20.6. The molecule has 0 saturated carbocycles. The minimum absolute atomic E-state index is 0.0488. The molecule has 0 aromatic rings. The van der Waals surface area contributed by atoms with E-state index in [1.165, 1.54) is 25.7 Å². The smallest absolute Gasteiger partial charge is 0.239 e. The molecule has 0 fully saturated rings. The standard InChI is InChI=1S/C17H33N3O2/c1-4-5-6-7-8-10-15(2)16(3)19-11-9-12-20-17(22)13-18-14-21/h8,10,14-16,19H,4-7,9,11-13H2,1-3H3,(H,18,21)(H,20,22)/b10-8-.